The van der Waals surface area contributed by atoms with Gasteiger partial charge in [-0.2, -0.15) is 0 Å². The number of nitrogens with two attached hydrogens (primary N) is 1. The van der Waals surface area contributed by atoms with Crippen molar-refractivity contribution in [3.8, 4) is 5.75 Å². The second kappa shape index (κ2) is 5.29. The van der Waals surface area contributed by atoms with Crippen LogP contribution in [0, 0.1) is 5.92 Å². The molecule has 4 heteroatoms. The van der Waals surface area contributed by atoms with Crippen molar-refractivity contribution in [1.82, 2.24) is 4.90 Å². The van der Waals surface area contributed by atoms with Crippen LogP contribution in [0.2, 0.25) is 0 Å². The molecule has 2 atom stereocenters. The summed E-state index contributed by atoms with van der Waals surface area (Å²) < 4.78 is 5.48. The molecule has 0 saturated carbocycles. The van der Waals surface area contributed by atoms with Gasteiger partial charge in [-0.05, 0) is 31.4 Å². The molecule has 4 nitrogen and oxygen atoms in total. The SMILES string of the molecule is CC1CC(C)N(C(=O)COc2ccccc2N)C1. The van der Waals surface area contributed by atoms with Gasteiger partial charge in [-0.25, -0.2) is 0 Å². The van der Waals surface area contributed by atoms with Crippen LogP contribution in [0.25, 0.3) is 0 Å². The number of carbonyl (C=O) groups excluding carboxylic acids is 1. The number of para-hydroxylation sites is 2. The van der Waals surface area contributed by atoms with E-state index in [0.717, 1.165) is 13.0 Å². The standard InChI is InChI=1S/C14H20N2O2/c1-10-7-11(2)16(8-10)14(17)9-18-13-6-4-3-5-12(13)15/h3-6,10-11H,7-9,15H2,1-2H3. The smallest absolute Gasteiger partial charge is 0.260 e. The molecule has 1 amide bonds. The molecule has 98 valence electrons. The molecule has 1 aromatic rings. The van der Waals surface area contributed by atoms with Gasteiger partial charge >= 0.3 is 0 Å². The minimum atomic E-state index is 0.0371. The Balaban J connectivity index is 1.91. The summed E-state index contributed by atoms with van der Waals surface area (Å²) in [5, 5.41) is 0. The Labute approximate surface area is 108 Å². The average molecular weight is 248 g/mol. The van der Waals surface area contributed by atoms with E-state index in [1.54, 1.807) is 12.1 Å². The Bertz CT molecular complexity index is 434. The molecule has 0 spiro atoms. The second-order valence-corrected chi connectivity index (χ2v) is 5.06. The van der Waals surface area contributed by atoms with Gasteiger partial charge in [0.05, 0.1) is 5.69 Å². The quantitative estimate of drug-likeness (QED) is 0.831. The minimum Gasteiger partial charge on any atom is -0.482 e. The monoisotopic (exact) mass is 248 g/mol. The van der Waals surface area contributed by atoms with Crippen molar-refractivity contribution in [3.63, 3.8) is 0 Å². The Hall–Kier alpha value is -1.71. The van der Waals surface area contributed by atoms with Gasteiger partial charge in [-0.15, -0.1) is 0 Å². The van der Waals surface area contributed by atoms with Crippen LogP contribution in [0.1, 0.15) is 20.3 Å². The van der Waals surface area contributed by atoms with Gasteiger partial charge < -0.3 is 15.4 Å². The molecule has 2 N–H and O–H groups in total. The van der Waals surface area contributed by atoms with Gasteiger partial charge in [-0.1, -0.05) is 19.1 Å². The fourth-order valence-corrected chi connectivity index (χ4v) is 2.48. The van der Waals surface area contributed by atoms with Crippen LogP contribution in [0.4, 0.5) is 5.69 Å². The summed E-state index contributed by atoms with van der Waals surface area (Å²) >= 11 is 0. The summed E-state index contributed by atoms with van der Waals surface area (Å²) in [6.07, 6.45) is 1.07. The first-order chi connectivity index (χ1) is 8.58. The van der Waals surface area contributed by atoms with E-state index in [1.807, 2.05) is 17.0 Å². The largest absolute Gasteiger partial charge is 0.482 e. The van der Waals surface area contributed by atoms with Crippen molar-refractivity contribution in [2.24, 2.45) is 5.92 Å². The van der Waals surface area contributed by atoms with E-state index in [0.29, 0.717) is 23.4 Å². The number of nitrogens with zero attached hydrogens (tertiary/aromatic N) is 1. The third-order valence-corrected chi connectivity index (χ3v) is 3.37. The lowest BCUT2D eigenvalue weighted by molar-refractivity contribution is -0.134. The maximum absolute atomic E-state index is 12.0. The molecule has 18 heavy (non-hydrogen) atoms. The predicted octanol–water partition coefficient (Wildman–Crippen LogP) is 1.90. The van der Waals surface area contributed by atoms with Crippen LogP contribution in [0.3, 0.4) is 0 Å². The summed E-state index contributed by atoms with van der Waals surface area (Å²) in [6.45, 7) is 5.14. The van der Waals surface area contributed by atoms with E-state index >= 15 is 0 Å². The summed E-state index contributed by atoms with van der Waals surface area (Å²) in [6, 6.07) is 7.54. The first kappa shape index (κ1) is 12.7. The predicted molar refractivity (Wildman–Crippen MR) is 71.3 cm³/mol. The highest BCUT2D eigenvalue weighted by atomic mass is 16.5. The Morgan fingerprint density at radius 1 is 1.44 bits per heavy atom. The molecule has 2 unspecified atom stereocenters. The topological polar surface area (TPSA) is 55.6 Å². The van der Waals surface area contributed by atoms with Crippen LogP contribution < -0.4 is 10.5 Å². The number of carbonyl (C=O) groups is 1. The highest BCUT2D eigenvalue weighted by molar-refractivity contribution is 5.78. The molecule has 0 radical (unpaired) electrons. The zero-order valence-electron chi connectivity index (χ0n) is 10.9. The van der Waals surface area contributed by atoms with Crippen molar-refractivity contribution in [3.05, 3.63) is 24.3 Å². The van der Waals surface area contributed by atoms with E-state index in [1.165, 1.54) is 0 Å². The minimum absolute atomic E-state index is 0.0371. The molecule has 1 heterocycles. The number of amides is 1. The number of nitrogen functional groups attached to an aromatic ring is 1. The number of benzene rings is 1. The fourth-order valence-electron chi connectivity index (χ4n) is 2.48. The molecule has 0 bridgehead atoms. The van der Waals surface area contributed by atoms with Crippen molar-refractivity contribution in [2.75, 3.05) is 18.9 Å². The van der Waals surface area contributed by atoms with Crippen molar-refractivity contribution in [1.29, 1.82) is 0 Å². The second-order valence-electron chi connectivity index (χ2n) is 5.06. The third-order valence-electron chi connectivity index (χ3n) is 3.37. The number of hydrogen-bond donors (Lipinski definition) is 1. The summed E-state index contributed by atoms with van der Waals surface area (Å²) in [4.78, 5) is 13.9. The maximum atomic E-state index is 12.0. The molecule has 0 aromatic heterocycles. The van der Waals surface area contributed by atoms with E-state index in [-0.39, 0.29) is 12.5 Å². The Morgan fingerprint density at radius 3 is 2.78 bits per heavy atom. The molecule has 0 aliphatic carbocycles. The van der Waals surface area contributed by atoms with Crippen LogP contribution in [-0.2, 0) is 4.79 Å². The highest BCUT2D eigenvalue weighted by Gasteiger charge is 2.29. The molecule has 1 aromatic carbocycles. The fraction of sp³-hybridized carbons (Fsp3) is 0.500. The molecule has 2 rings (SSSR count). The molecular formula is C14H20N2O2. The molecule has 1 saturated heterocycles. The zero-order valence-corrected chi connectivity index (χ0v) is 10.9. The summed E-state index contributed by atoms with van der Waals surface area (Å²) in [5.74, 6) is 1.19. The lowest BCUT2D eigenvalue weighted by atomic mass is 10.1. The molecule has 1 aliphatic heterocycles. The molecular weight excluding hydrogens is 228 g/mol. The van der Waals surface area contributed by atoms with Gasteiger partial charge in [0, 0.05) is 12.6 Å². The van der Waals surface area contributed by atoms with Crippen molar-refractivity contribution >= 4 is 11.6 Å². The summed E-state index contributed by atoms with van der Waals surface area (Å²) in [7, 11) is 0. The number of rotatable bonds is 3. The number of hydrogen-bond acceptors (Lipinski definition) is 3. The van der Waals surface area contributed by atoms with Gasteiger partial charge in [0.15, 0.2) is 6.61 Å². The van der Waals surface area contributed by atoms with Crippen LogP contribution >= 0.6 is 0 Å². The lowest BCUT2D eigenvalue weighted by Crippen LogP contribution is -2.37. The maximum Gasteiger partial charge on any atom is 0.260 e. The van der Waals surface area contributed by atoms with E-state index < -0.39 is 0 Å². The summed E-state index contributed by atoms with van der Waals surface area (Å²) in [5.41, 5.74) is 6.32. The van der Waals surface area contributed by atoms with Crippen LogP contribution in [0.15, 0.2) is 24.3 Å². The highest BCUT2D eigenvalue weighted by Crippen LogP contribution is 2.23. The average Bonchev–Trinajstić information content (AvgIpc) is 2.67. The first-order valence-electron chi connectivity index (χ1n) is 6.34. The van der Waals surface area contributed by atoms with Gasteiger partial charge in [0.25, 0.3) is 5.91 Å². The molecule has 1 aliphatic rings. The zero-order chi connectivity index (χ0) is 13.1. The lowest BCUT2D eigenvalue weighted by Gasteiger charge is -2.21. The van der Waals surface area contributed by atoms with Crippen LogP contribution in [0.5, 0.6) is 5.75 Å². The van der Waals surface area contributed by atoms with E-state index in [4.69, 9.17) is 10.5 Å². The number of likely N-dealkylation sites (tertiary alicyclic amines) is 1. The van der Waals surface area contributed by atoms with Gasteiger partial charge in [0.2, 0.25) is 0 Å². The number of ether oxygens (including phenoxy) is 1. The third kappa shape index (κ3) is 2.75. The van der Waals surface area contributed by atoms with Crippen LogP contribution in [-0.4, -0.2) is 30.0 Å². The van der Waals surface area contributed by atoms with Gasteiger partial charge in [-0.3, -0.25) is 4.79 Å². The first-order valence-corrected chi connectivity index (χ1v) is 6.34. The normalized spacial score (nSPS) is 23.1. The van der Waals surface area contributed by atoms with Crippen molar-refractivity contribution in [2.45, 2.75) is 26.3 Å². The number of anilines is 1. The van der Waals surface area contributed by atoms with Crippen molar-refractivity contribution < 1.29 is 9.53 Å². The Morgan fingerprint density at radius 2 is 2.17 bits per heavy atom. The Kier molecular flexibility index (Phi) is 3.75. The molecule has 1 fully saturated rings. The van der Waals surface area contributed by atoms with E-state index in [2.05, 4.69) is 13.8 Å². The van der Waals surface area contributed by atoms with E-state index in [9.17, 15) is 4.79 Å². The van der Waals surface area contributed by atoms with Gasteiger partial charge in [0.1, 0.15) is 5.75 Å².